The molecule has 0 bridgehead atoms. The summed E-state index contributed by atoms with van der Waals surface area (Å²) < 4.78 is 0. The van der Waals surface area contributed by atoms with Crippen molar-refractivity contribution in [1.82, 2.24) is 0 Å². The Morgan fingerprint density at radius 3 is 1.75 bits per heavy atom. The van der Waals surface area contributed by atoms with E-state index in [1.807, 2.05) is 30.4 Å². The molecular weight excluding hydrogens is 192 g/mol. The lowest BCUT2D eigenvalue weighted by Gasteiger charge is -1.84. The summed E-state index contributed by atoms with van der Waals surface area (Å²) in [6.45, 7) is 5.93. The second-order valence-electron chi connectivity index (χ2n) is 3.42. The van der Waals surface area contributed by atoms with E-state index < -0.39 is 0 Å². The van der Waals surface area contributed by atoms with E-state index in [1.165, 1.54) is 6.42 Å². The van der Waals surface area contributed by atoms with Gasteiger partial charge in [-0.05, 0) is 19.3 Å². The zero-order valence-corrected chi connectivity index (χ0v) is 10.3. The number of unbranched alkanes of at least 4 members (excludes halogenated alkanes) is 2. The highest BCUT2D eigenvalue weighted by atomic mass is 13.8. The van der Waals surface area contributed by atoms with Gasteiger partial charge in [-0.25, -0.2) is 0 Å². The molecule has 0 amide bonds. The fourth-order valence-corrected chi connectivity index (χ4v) is 1.04. The topological polar surface area (TPSA) is 0 Å². The molecule has 0 atom stereocenters. The maximum atomic E-state index is 3.80. The molecule has 0 aromatic rings. The lowest BCUT2D eigenvalue weighted by Crippen LogP contribution is -1.65. The molecule has 0 aliphatic heterocycles. The number of allylic oxidation sites excluding steroid dienone is 10. The Hall–Kier alpha value is -1.30. The Morgan fingerprint density at radius 2 is 1.25 bits per heavy atom. The minimum Gasteiger partial charge on any atom is -0.0848 e. The summed E-state index contributed by atoms with van der Waals surface area (Å²) in [5.74, 6) is 0. The second kappa shape index (κ2) is 13.7. The molecule has 0 saturated heterocycles. The predicted molar refractivity (Wildman–Crippen MR) is 75.2 cm³/mol. The Morgan fingerprint density at radius 1 is 0.750 bits per heavy atom. The molecule has 1 radical (unpaired) electrons. The van der Waals surface area contributed by atoms with E-state index in [-0.39, 0.29) is 0 Å². The third kappa shape index (κ3) is 12.7. The van der Waals surface area contributed by atoms with Gasteiger partial charge in [0.15, 0.2) is 0 Å². The molecule has 0 spiro atoms. The molecule has 87 valence electrons. The largest absolute Gasteiger partial charge is 0.0848 e. The molecule has 0 heteroatoms. The van der Waals surface area contributed by atoms with Crippen LogP contribution in [0.25, 0.3) is 0 Å². The van der Waals surface area contributed by atoms with Gasteiger partial charge in [0, 0.05) is 0 Å². The Kier molecular flexibility index (Phi) is 12.6. The van der Waals surface area contributed by atoms with Gasteiger partial charge < -0.3 is 0 Å². The van der Waals surface area contributed by atoms with E-state index in [1.54, 1.807) is 0 Å². The van der Waals surface area contributed by atoms with Gasteiger partial charge in [-0.3, -0.25) is 0 Å². The van der Waals surface area contributed by atoms with Crippen LogP contribution in [0, 0.1) is 6.92 Å². The SMILES string of the molecule is [CH2]CCCC=CC=CC=CC=CC=CCC. The maximum absolute atomic E-state index is 3.80. The van der Waals surface area contributed by atoms with Crippen LogP contribution in [0.4, 0.5) is 0 Å². The first kappa shape index (κ1) is 14.7. The molecule has 0 aliphatic carbocycles. The van der Waals surface area contributed by atoms with Crippen molar-refractivity contribution in [3.05, 3.63) is 67.7 Å². The first-order valence-corrected chi connectivity index (χ1v) is 6.02. The molecule has 16 heavy (non-hydrogen) atoms. The molecule has 0 fully saturated rings. The molecular formula is C16H23. The lowest BCUT2D eigenvalue weighted by molar-refractivity contribution is 0.866. The number of hydrogen-bond donors (Lipinski definition) is 0. The molecule has 0 saturated carbocycles. The first-order valence-electron chi connectivity index (χ1n) is 6.02. The summed E-state index contributed by atoms with van der Waals surface area (Å²) in [5, 5.41) is 0. The fourth-order valence-electron chi connectivity index (χ4n) is 1.04. The predicted octanol–water partition coefficient (Wildman–Crippen LogP) is 5.18. The second-order valence-corrected chi connectivity index (χ2v) is 3.42. The quantitative estimate of drug-likeness (QED) is 0.386. The van der Waals surface area contributed by atoms with Gasteiger partial charge in [-0.2, -0.15) is 0 Å². The van der Waals surface area contributed by atoms with Crippen LogP contribution in [0.1, 0.15) is 32.6 Å². The van der Waals surface area contributed by atoms with Crippen LogP contribution in [-0.2, 0) is 0 Å². The molecule has 0 aliphatic rings. The number of rotatable bonds is 8. The van der Waals surface area contributed by atoms with E-state index in [4.69, 9.17) is 0 Å². The third-order valence-corrected chi connectivity index (χ3v) is 1.91. The van der Waals surface area contributed by atoms with E-state index in [0.29, 0.717) is 0 Å². The molecule has 0 aromatic carbocycles. The van der Waals surface area contributed by atoms with Crippen molar-refractivity contribution in [2.75, 3.05) is 0 Å². The maximum Gasteiger partial charge on any atom is -0.0348 e. The average molecular weight is 215 g/mol. The van der Waals surface area contributed by atoms with Crippen LogP contribution < -0.4 is 0 Å². The Balaban J connectivity index is 3.58. The Labute approximate surface area is 101 Å². The van der Waals surface area contributed by atoms with Crippen LogP contribution in [0.2, 0.25) is 0 Å². The molecule has 0 heterocycles. The van der Waals surface area contributed by atoms with Crippen LogP contribution in [0.3, 0.4) is 0 Å². The summed E-state index contributed by atoms with van der Waals surface area (Å²) in [6, 6.07) is 0. The minimum atomic E-state index is 1.02. The van der Waals surface area contributed by atoms with Crippen LogP contribution in [0.15, 0.2) is 60.8 Å². The van der Waals surface area contributed by atoms with Crippen molar-refractivity contribution >= 4 is 0 Å². The number of hydrogen-bond acceptors (Lipinski definition) is 0. The highest BCUT2D eigenvalue weighted by Gasteiger charge is 1.74. The van der Waals surface area contributed by atoms with E-state index in [0.717, 1.165) is 19.3 Å². The Bertz CT molecular complexity index is 262. The van der Waals surface area contributed by atoms with E-state index in [2.05, 4.69) is 44.2 Å². The molecule has 0 unspecified atom stereocenters. The van der Waals surface area contributed by atoms with Crippen molar-refractivity contribution in [2.45, 2.75) is 32.6 Å². The van der Waals surface area contributed by atoms with Gasteiger partial charge in [-0.15, -0.1) is 0 Å². The van der Waals surface area contributed by atoms with Crippen molar-refractivity contribution in [3.8, 4) is 0 Å². The van der Waals surface area contributed by atoms with Gasteiger partial charge in [0.05, 0.1) is 0 Å². The first-order chi connectivity index (χ1) is 7.91. The smallest absolute Gasteiger partial charge is 0.0348 e. The normalized spacial score (nSPS) is 13.4. The average Bonchev–Trinajstić information content (AvgIpc) is 2.31. The summed E-state index contributed by atoms with van der Waals surface area (Å²) >= 11 is 0. The highest BCUT2D eigenvalue weighted by molar-refractivity contribution is 5.17. The van der Waals surface area contributed by atoms with Gasteiger partial charge >= 0.3 is 0 Å². The fraction of sp³-hybridized carbons (Fsp3) is 0.312. The zero-order valence-electron chi connectivity index (χ0n) is 10.3. The van der Waals surface area contributed by atoms with E-state index in [9.17, 15) is 0 Å². The van der Waals surface area contributed by atoms with Crippen molar-refractivity contribution in [2.24, 2.45) is 0 Å². The standard InChI is InChI=1S/C16H23/c1-3-5-7-9-11-13-15-16-14-12-10-8-6-4-2/h6,8-16H,1,3-5,7H2,2H3. The highest BCUT2D eigenvalue weighted by Crippen LogP contribution is 1.94. The molecule has 0 nitrogen and oxygen atoms in total. The molecule has 0 aromatic heterocycles. The van der Waals surface area contributed by atoms with Crippen molar-refractivity contribution in [1.29, 1.82) is 0 Å². The van der Waals surface area contributed by atoms with Gasteiger partial charge in [0.25, 0.3) is 0 Å². The monoisotopic (exact) mass is 215 g/mol. The lowest BCUT2D eigenvalue weighted by atomic mass is 10.2. The summed E-state index contributed by atoms with van der Waals surface area (Å²) in [7, 11) is 0. The zero-order chi connectivity index (χ0) is 11.9. The van der Waals surface area contributed by atoms with Crippen molar-refractivity contribution in [3.63, 3.8) is 0 Å². The third-order valence-electron chi connectivity index (χ3n) is 1.91. The van der Waals surface area contributed by atoms with Crippen LogP contribution in [0.5, 0.6) is 0 Å². The minimum absolute atomic E-state index is 1.02. The molecule has 0 rings (SSSR count). The van der Waals surface area contributed by atoms with Crippen LogP contribution >= 0.6 is 0 Å². The van der Waals surface area contributed by atoms with Gasteiger partial charge in [0.2, 0.25) is 0 Å². The summed E-state index contributed by atoms with van der Waals surface area (Å²) in [4.78, 5) is 0. The van der Waals surface area contributed by atoms with Gasteiger partial charge in [-0.1, -0.05) is 81.0 Å². The van der Waals surface area contributed by atoms with Crippen LogP contribution in [-0.4, -0.2) is 0 Å². The molecule has 0 N–H and O–H groups in total. The van der Waals surface area contributed by atoms with E-state index >= 15 is 0 Å². The van der Waals surface area contributed by atoms with Gasteiger partial charge in [0.1, 0.15) is 0 Å². The summed E-state index contributed by atoms with van der Waals surface area (Å²) in [6.07, 6.45) is 25.1. The summed E-state index contributed by atoms with van der Waals surface area (Å²) in [5.41, 5.74) is 0. The van der Waals surface area contributed by atoms with Crippen molar-refractivity contribution < 1.29 is 0 Å².